The van der Waals surface area contributed by atoms with E-state index in [9.17, 15) is 14.4 Å². The maximum absolute atomic E-state index is 10.9. The van der Waals surface area contributed by atoms with Gasteiger partial charge in [0, 0.05) is 13.3 Å². The van der Waals surface area contributed by atoms with E-state index in [2.05, 4.69) is 28.8 Å². The molecule has 3 amide bonds. The zero-order chi connectivity index (χ0) is 11.0. The van der Waals surface area contributed by atoms with Crippen molar-refractivity contribution < 1.29 is 14.4 Å². The SMILES string of the molecule is CC(=O)NNC(=O)CNC(=O)CCS. The number of hydrogen-bond donors (Lipinski definition) is 4. The number of carbonyl (C=O) groups excluding carboxylic acids is 3. The fourth-order valence-electron chi connectivity index (χ4n) is 0.571. The molecule has 0 aromatic rings. The molecule has 0 aliphatic rings. The minimum absolute atomic E-state index is 0.160. The molecule has 0 saturated heterocycles. The first-order valence-corrected chi connectivity index (χ1v) is 4.62. The molecule has 0 radical (unpaired) electrons. The van der Waals surface area contributed by atoms with Gasteiger partial charge in [0.2, 0.25) is 11.8 Å². The van der Waals surface area contributed by atoms with E-state index in [1.165, 1.54) is 6.92 Å². The lowest BCUT2D eigenvalue weighted by molar-refractivity contribution is -0.129. The van der Waals surface area contributed by atoms with Crippen LogP contribution in [-0.2, 0) is 14.4 Å². The van der Waals surface area contributed by atoms with Crippen molar-refractivity contribution in [3.8, 4) is 0 Å². The lowest BCUT2D eigenvalue weighted by Crippen LogP contribution is -2.45. The van der Waals surface area contributed by atoms with Gasteiger partial charge >= 0.3 is 0 Å². The molecule has 0 atom stereocenters. The van der Waals surface area contributed by atoms with E-state index in [0.29, 0.717) is 5.75 Å². The molecule has 0 unspecified atom stereocenters. The highest BCUT2D eigenvalue weighted by Gasteiger charge is 2.04. The Bertz CT molecular complexity index is 232. The lowest BCUT2D eigenvalue weighted by Gasteiger charge is -2.05. The Morgan fingerprint density at radius 1 is 1.14 bits per heavy atom. The summed E-state index contributed by atoms with van der Waals surface area (Å²) in [5.74, 6) is -0.676. The summed E-state index contributed by atoms with van der Waals surface area (Å²) in [6.45, 7) is 1.10. The number of nitrogens with one attached hydrogen (secondary N) is 3. The molecule has 0 heterocycles. The Labute approximate surface area is 87.2 Å². The first-order chi connectivity index (χ1) is 6.56. The second-order valence-electron chi connectivity index (χ2n) is 2.48. The van der Waals surface area contributed by atoms with Crippen LogP contribution in [0.4, 0.5) is 0 Å². The van der Waals surface area contributed by atoms with Crippen LogP contribution in [0.3, 0.4) is 0 Å². The third-order valence-electron chi connectivity index (χ3n) is 1.16. The highest BCUT2D eigenvalue weighted by Crippen LogP contribution is 1.82. The van der Waals surface area contributed by atoms with Crippen LogP contribution in [0.15, 0.2) is 0 Å². The topological polar surface area (TPSA) is 87.3 Å². The van der Waals surface area contributed by atoms with Gasteiger partial charge in [0.05, 0.1) is 6.54 Å². The third kappa shape index (κ3) is 7.41. The smallest absolute Gasteiger partial charge is 0.257 e. The summed E-state index contributed by atoms with van der Waals surface area (Å²) in [6, 6.07) is 0. The molecule has 0 saturated carbocycles. The van der Waals surface area contributed by atoms with E-state index in [0.717, 1.165) is 0 Å². The number of amides is 3. The quantitative estimate of drug-likeness (QED) is 0.346. The molecule has 0 aliphatic heterocycles. The number of carbonyl (C=O) groups is 3. The minimum atomic E-state index is -0.479. The molecular formula is C7H13N3O3S. The van der Waals surface area contributed by atoms with Gasteiger partial charge in [-0.3, -0.25) is 25.2 Å². The second kappa shape index (κ2) is 7.19. The summed E-state index contributed by atoms with van der Waals surface area (Å²) in [5.41, 5.74) is 4.20. The van der Waals surface area contributed by atoms with Crippen LogP contribution >= 0.6 is 12.6 Å². The van der Waals surface area contributed by atoms with Crippen molar-refractivity contribution in [3.05, 3.63) is 0 Å². The lowest BCUT2D eigenvalue weighted by atomic mass is 10.4. The van der Waals surface area contributed by atoms with Crippen LogP contribution in [0.2, 0.25) is 0 Å². The van der Waals surface area contributed by atoms with Crippen molar-refractivity contribution in [1.82, 2.24) is 16.2 Å². The summed E-state index contributed by atoms with van der Waals surface area (Å²) in [5, 5.41) is 2.36. The standard InChI is InChI=1S/C7H13N3O3S/c1-5(11)9-10-7(13)4-8-6(12)2-3-14/h14H,2-4H2,1H3,(H,8,12)(H,9,11)(H,10,13). The largest absolute Gasteiger partial charge is 0.347 e. The van der Waals surface area contributed by atoms with Crippen LogP contribution in [0.5, 0.6) is 0 Å². The van der Waals surface area contributed by atoms with Crippen molar-refractivity contribution in [2.24, 2.45) is 0 Å². The highest BCUT2D eigenvalue weighted by molar-refractivity contribution is 7.80. The fourth-order valence-corrected chi connectivity index (χ4v) is 0.774. The minimum Gasteiger partial charge on any atom is -0.347 e. The monoisotopic (exact) mass is 219 g/mol. The third-order valence-corrected chi connectivity index (χ3v) is 1.39. The maximum Gasteiger partial charge on any atom is 0.257 e. The number of rotatable bonds is 4. The molecule has 0 aromatic carbocycles. The summed E-state index contributed by atoms with van der Waals surface area (Å²) >= 11 is 3.85. The highest BCUT2D eigenvalue weighted by atomic mass is 32.1. The van der Waals surface area contributed by atoms with Gasteiger partial charge in [-0.15, -0.1) is 0 Å². The molecule has 0 rings (SSSR count). The van der Waals surface area contributed by atoms with E-state index < -0.39 is 5.91 Å². The Morgan fingerprint density at radius 3 is 2.29 bits per heavy atom. The van der Waals surface area contributed by atoms with Crippen LogP contribution in [0.1, 0.15) is 13.3 Å². The van der Waals surface area contributed by atoms with Crippen LogP contribution < -0.4 is 16.2 Å². The predicted molar refractivity (Wildman–Crippen MR) is 53.4 cm³/mol. The molecule has 0 bridgehead atoms. The molecule has 3 N–H and O–H groups in total. The molecule has 0 aromatic heterocycles. The van der Waals surface area contributed by atoms with Gasteiger partial charge in [-0.1, -0.05) is 0 Å². The summed E-state index contributed by atoms with van der Waals surface area (Å²) in [4.78, 5) is 32.1. The molecule has 0 spiro atoms. The molecule has 14 heavy (non-hydrogen) atoms. The normalized spacial score (nSPS) is 9.00. The Kier molecular flexibility index (Phi) is 6.55. The van der Waals surface area contributed by atoms with Gasteiger partial charge in [0.15, 0.2) is 0 Å². The van der Waals surface area contributed by atoms with Crippen molar-refractivity contribution in [2.75, 3.05) is 12.3 Å². The first-order valence-electron chi connectivity index (χ1n) is 3.99. The van der Waals surface area contributed by atoms with Crippen molar-refractivity contribution in [2.45, 2.75) is 13.3 Å². The van der Waals surface area contributed by atoms with E-state index in [-0.39, 0.29) is 24.8 Å². The van der Waals surface area contributed by atoms with Crippen molar-refractivity contribution in [1.29, 1.82) is 0 Å². The zero-order valence-electron chi connectivity index (χ0n) is 7.79. The van der Waals surface area contributed by atoms with Gasteiger partial charge in [-0.25, -0.2) is 0 Å². The van der Waals surface area contributed by atoms with E-state index in [1.54, 1.807) is 0 Å². The molecule has 0 fully saturated rings. The van der Waals surface area contributed by atoms with E-state index in [4.69, 9.17) is 0 Å². The number of thiol groups is 1. The van der Waals surface area contributed by atoms with Gasteiger partial charge in [-0.05, 0) is 5.75 Å². The maximum atomic E-state index is 10.9. The van der Waals surface area contributed by atoms with Gasteiger partial charge in [0.1, 0.15) is 0 Å². The van der Waals surface area contributed by atoms with E-state index in [1.807, 2.05) is 0 Å². The molecule has 0 aliphatic carbocycles. The molecular weight excluding hydrogens is 206 g/mol. The molecule has 7 heteroatoms. The second-order valence-corrected chi connectivity index (χ2v) is 2.93. The number of hydrazine groups is 1. The van der Waals surface area contributed by atoms with E-state index >= 15 is 0 Å². The van der Waals surface area contributed by atoms with Crippen LogP contribution in [0.25, 0.3) is 0 Å². The fraction of sp³-hybridized carbons (Fsp3) is 0.571. The molecule has 80 valence electrons. The Hall–Kier alpha value is -1.24. The zero-order valence-corrected chi connectivity index (χ0v) is 8.69. The first kappa shape index (κ1) is 12.8. The molecule has 6 nitrogen and oxygen atoms in total. The van der Waals surface area contributed by atoms with Crippen LogP contribution in [0, 0.1) is 0 Å². The average Bonchev–Trinajstić information content (AvgIpc) is 2.12. The van der Waals surface area contributed by atoms with Crippen LogP contribution in [-0.4, -0.2) is 30.0 Å². The Morgan fingerprint density at radius 2 is 1.79 bits per heavy atom. The summed E-state index contributed by atoms with van der Waals surface area (Å²) in [6.07, 6.45) is 0.260. The predicted octanol–water partition coefficient (Wildman–Crippen LogP) is -1.41. The summed E-state index contributed by atoms with van der Waals surface area (Å²) < 4.78 is 0. The Balaban J connectivity index is 3.53. The van der Waals surface area contributed by atoms with Crippen molar-refractivity contribution >= 4 is 30.4 Å². The van der Waals surface area contributed by atoms with Gasteiger partial charge in [-0.2, -0.15) is 12.6 Å². The average molecular weight is 219 g/mol. The van der Waals surface area contributed by atoms with Crippen molar-refractivity contribution in [3.63, 3.8) is 0 Å². The number of hydrogen-bond acceptors (Lipinski definition) is 4. The van der Waals surface area contributed by atoms with Gasteiger partial charge < -0.3 is 5.32 Å². The summed E-state index contributed by atoms with van der Waals surface area (Å²) in [7, 11) is 0. The van der Waals surface area contributed by atoms with Gasteiger partial charge in [0.25, 0.3) is 5.91 Å².